The van der Waals surface area contributed by atoms with Crippen LogP contribution >= 0.6 is 0 Å². The predicted octanol–water partition coefficient (Wildman–Crippen LogP) is 16.1. The zero-order chi connectivity index (χ0) is 47.4. The molecule has 3 heteroatoms. The lowest BCUT2D eigenvalue weighted by atomic mass is 9.31. The summed E-state index contributed by atoms with van der Waals surface area (Å²) in [4.78, 5) is 5.51. The summed E-state index contributed by atoms with van der Waals surface area (Å²) in [6.45, 7) is 34.2. The van der Waals surface area contributed by atoms with E-state index in [2.05, 4.69) is 222 Å². The van der Waals surface area contributed by atoms with Gasteiger partial charge in [-0.05, 0) is 180 Å². The minimum Gasteiger partial charge on any atom is -0.314 e. The van der Waals surface area contributed by atoms with E-state index in [-0.39, 0.29) is 39.2 Å². The number of fused-ring (bicyclic) bond motifs is 7. The first-order valence-corrected chi connectivity index (χ1v) is 25.6. The minimum absolute atomic E-state index is 0.00107. The fourth-order valence-electron chi connectivity index (χ4n) is 12.9. The molecule has 0 bridgehead atoms. The van der Waals surface area contributed by atoms with Crippen LogP contribution in [0.2, 0.25) is 0 Å². The van der Waals surface area contributed by atoms with Crippen molar-refractivity contribution >= 4 is 51.5 Å². The van der Waals surface area contributed by atoms with Crippen LogP contribution in [0.1, 0.15) is 174 Å². The average molecular weight is 881 g/mol. The third-order valence-corrected chi connectivity index (χ3v) is 17.4. The first kappa shape index (κ1) is 44.2. The van der Waals surface area contributed by atoms with Crippen LogP contribution in [0.5, 0.6) is 0 Å². The van der Waals surface area contributed by atoms with Crippen LogP contribution in [-0.4, -0.2) is 6.71 Å². The summed E-state index contributed by atoms with van der Waals surface area (Å²) in [6.07, 6.45) is 6.75. The van der Waals surface area contributed by atoms with E-state index in [1.54, 1.807) is 0 Å². The van der Waals surface area contributed by atoms with E-state index in [9.17, 15) is 0 Å². The van der Waals surface area contributed by atoms with Gasteiger partial charge in [-0.15, -0.1) is 0 Å². The molecule has 11 rings (SSSR count). The van der Waals surface area contributed by atoms with Crippen LogP contribution in [0, 0.1) is 0 Å². The molecule has 6 aromatic carbocycles. The highest BCUT2D eigenvalue weighted by Crippen LogP contribution is 2.55. The number of anilines is 5. The molecular formula is C64H73BN2. The number of benzene rings is 6. The Labute approximate surface area is 404 Å². The molecule has 0 saturated carbocycles. The van der Waals surface area contributed by atoms with Gasteiger partial charge < -0.3 is 9.80 Å². The molecule has 67 heavy (non-hydrogen) atoms. The van der Waals surface area contributed by atoms with E-state index in [0.717, 1.165) is 12.8 Å². The second-order valence-electron chi connectivity index (χ2n) is 25.9. The first-order valence-electron chi connectivity index (χ1n) is 25.6. The average Bonchev–Trinajstić information content (AvgIpc) is 3.28. The zero-order valence-corrected chi connectivity index (χ0v) is 43.2. The number of aryl methyl sites for hydroxylation is 1. The maximum Gasteiger partial charge on any atom is 0.252 e. The smallest absolute Gasteiger partial charge is 0.252 e. The van der Waals surface area contributed by atoms with Crippen molar-refractivity contribution in [2.75, 3.05) is 9.80 Å². The second kappa shape index (κ2) is 14.6. The Hall–Kier alpha value is -5.28. The maximum atomic E-state index is 2.76. The van der Waals surface area contributed by atoms with Crippen molar-refractivity contribution in [2.24, 2.45) is 0 Å². The minimum atomic E-state index is -0.103. The monoisotopic (exact) mass is 881 g/mol. The summed E-state index contributed by atoms with van der Waals surface area (Å²) < 4.78 is 0. The predicted molar refractivity (Wildman–Crippen MR) is 290 cm³/mol. The highest BCUT2D eigenvalue weighted by atomic mass is 15.2. The standard InChI is InChI=1S/C64H73BN2/c1-59(2,3)42-25-29-52(46(34-42)40-20-16-15-17-21-40)67-53-28-24-41-22-18-19-23-45(41)57(53)65-51-38-49-50(64(13,14)33-32-63(49,11)12)39-54(51)66(55-35-43(60(4,5)6)36-56(67)58(55)65)44-26-27-47-48(37-44)62(9,10)31-30-61(47,7)8/h15-23,25-27,29,34-39H,24,28,30-33H2,1-14H3. The quantitative estimate of drug-likeness (QED) is 0.163. The van der Waals surface area contributed by atoms with Gasteiger partial charge in [0.2, 0.25) is 0 Å². The topological polar surface area (TPSA) is 6.48 Å². The molecule has 0 N–H and O–H groups in total. The van der Waals surface area contributed by atoms with Crippen LogP contribution in [0.15, 0.2) is 121 Å². The third-order valence-electron chi connectivity index (χ3n) is 17.4. The van der Waals surface area contributed by atoms with Gasteiger partial charge in [0.05, 0.1) is 5.69 Å². The van der Waals surface area contributed by atoms with Crippen molar-refractivity contribution in [3.05, 3.63) is 165 Å². The number of hydrogen-bond donors (Lipinski definition) is 0. The van der Waals surface area contributed by atoms with Gasteiger partial charge in [-0.1, -0.05) is 170 Å². The van der Waals surface area contributed by atoms with Crippen LogP contribution in [0.3, 0.4) is 0 Å². The maximum absolute atomic E-state index is 2.76. The zero-order valence-electron chi connectivity index (χ0n) is 43.2. The Morgan fingerprint density at radius 3 is 1.66 bits per heavy atom. The first-order chi connectivity index (χ1) is 31.5. The molecule has 6 aromatic rings. The number of hydrogen-bond acceptors (Lipinski definition) is 2. The van der Waals surface area contributed by atoms with Crippen molar-refractivity contribution in [1.29, 1.82) is 0 Å². The van der Waals surface area contributed by atoms with Gasteiger partial charge in [0, 0.05) is 34.0 Å². The molecule has 0 atom stereocenters. The van der Waals surface area contributed by atoms with Gasteiger partial charge >= 0.3 is 0 Å². The molecule has 0 amide bonds. The number of nitrogens with zero attached hydrogens (tertiary/aromatic N) is 2. The molecule has 0 fully saturated rings. The fourth-order valence-corrected chi connectivity index (χ4v) is 12.9. The van der Waals surface area contributed by atoms with E-state index in [0.29, 0.717) is 0 Å². The fraction of sp³-hybridized carbons (Fsp3) is 0.406. The summed E-state index contributed by atoms with van der Waals surface area (Å²) in [5, 5.41) is 0. The molecule has 0 aromatic heterocycles. The Morgan fingerprint density at radius 2 is 1.01 bits per heavy atom. The van der Waals surface area contributed by atoms with Gasteiger partial charge in [0.25, 0.3) is 6.71 Å². The van der Waals surface area contributed by atoms with Crippen LogP contribution in [0.4, 0.5) is 28.4 Å². The van der Waals surface area contributed by atoms with Gasteiger partial charge in [-0.3, -0.25) is 0 Å². The SMILES string of the molecule is CC(C)(C)c1ccc(N2C3=C(B4c5cc6c(cc5N(c5ccc7c(c5)C(C)(C)CCC7(C)C)c5cc(C(C)(C)C)cc2c54)C(C)(C)CCC6(C)C)c2ccccc2CC3)c(-c2ccccc2)c1. The normalized spacial score (nSPS) is 19.5. The van der Waals surface area contributed by atoms with Crippen LogP contribution < -0.4 is 20.7 Å². The number of allylic oxidation sites excluding steroid dienone is 1. The molecule has 0 saturated heterocycles. The molecule has 342 valence electrons. The molecule has 2 nitrogen and oxygen atoms in total. The van der Waals surface area contributed by atoms with Crippen molar-refractivity contribution in [1.82, 2.24) is 0 Å². The Balaban J connectivity index is 1.30. The Morgan fingerprint density at radius 1 is 0.448 bits per heavy atom. The molecule has 2 aliphatic heterocycles. The van der Waals surface area contributed by atoms with E-state index in [1.807, 2.05) is 0 Å². The van der Waals surface area contributed by atoms with Crippen LogP contribution in [-0.2, 0) is 38.9 Å². The number of rotatable bonds is 3. The van der Waals surface area contributed by atoms with Crippen molar-refractivity contribution < 1.29 is 0 Å². The van der Waals surface area contributed by atoms with Gasteiger partial charge in [-0.25, -0.2) is 0 Å². The van der Waals surface area contributed by atoms with E-state index >= 15 is 0 Å². The van der Waals surface area contributed by atoms with Crippen molar-refractivity contribution in [2.45, 2.75) is 168 Å². The molecule has 0 unspecified atom stereocenters. The highest BCUT2D eigenvalue weighted by molar-refractivity contribution is 7.03. The summed E-state index contributed by atoms with van der Waals surface area (Å²) in [7, 11) is 0. The van der Waals surface area contributed by atoms with Crippen molar-refractivity contribution in [3.8, 4) is 11.1 Å². The molecule has 5 aliphatic rings. The molecular weight excluding hydrogens is 808 g/mol. The second-order valence-corrected chi connectivity index (χ2v) is 25.9. The van der Waals surface area contributed by atoms with Gasteiger partial charge in [0.15, 0.2) is 0 Å². The highest BCUT2D eigenvalue weighted by Gasteiger charge is 2.49. The Kier molecular flexibility index (Phi) is 9.65. The summed E-state index contributed by atoms with van der Waals surface area (Å²) >= 11 is 0. The third kappa shape index (κ3) is 6.86. The lowest BCUT2D eigenvalue weighted by Gasteiger charge is -2.50. The van der Waals surface area contributed by atoms with Crippen LogP contribution in [0.25, 0.3) is 16.6 Å². The lowest BCUT2D eigenvalue weighted by Crippen LogP contribution is -2.57. The van der Waals surface area contributed by atoms with Gasteiger partial charge in [-0.2, -0.15) is 0 Å². The summed E-state index contributed by atoms with van der Waals surface area (Å²) in [5.74, 6) is 0. The molecule has 0 spiro atoms. The molecule has 2 heterocycles. The van der Waals surface area contributed by atoms with E-state index in [4.69, 9.17) is 0 Å². The lowest BCUT2D eigenvalue weighted by molar-refractivity contribution is 0.332. The van der Waals surface area contributed by atoms with Gasteiger partial charge in [0.1, 0.15) is 0 Å². The summed E-state index contributed by atoms with van der Waals surface area (Å²) in [5.41, 5.74) is 26.8. The Bertz CT molecular complexity index is 3050. The largest absolute Gasteiger partial charge is 0.314 e. The van der Waals surface area contributed by atoms with E-state index in [1.165, 1.54) is 132 Å². The molecule has 3 aliphatic carbocycles. The van der Waals surface area contributed by atoms with E-state index < -0.39 is 0 Å². The van der Waals surface area contributed by atoms with Crippen molar-refractivity contribution in [3.63, 3.8) is 0 Å². The molecule has 0 radical (unpaired) electrons. The summed E-state index contributed by atoms with van der Waals surface area (Å²) in [6, 6.07) is 46.2.